The van der Waals surface area contributed by atoms with Crippen molar-refractivity contribution in [3.63, 3.8) is 0 Å². The van der Waals surface area contributed by atoms with Gasteiger partial charge in [-0.05, 0) is 42.7 Å². The van der Waals surface area contributed by atoms with Gasteiger partial charge in [0.15, 0.2) is 5.43 Å². The van der Waals surface area contributed by atoms with Crippen LogP contribution in [0, 0.1) is 11.8 Å². The molecule has 0 radical (unpaired) electrons. The second-order valence-corrected chi connectivity index (χ2v) is 8.34. The van der Waals surface area contributed by atoms with E-state index in [1.807, 2.05) is 16.7 Å². The SMILES string of the molecule is CCc1cc2c(cc1OCC1CC1)OC[C@@H](C(C)C)n1cc(C(=O)O)c(=O)cc1-2. The van der Waals surface area contributed by atoms with Crippen LogP contribution in [0.25, 0.3) is 11.3 Å². The summed E-state index contributed by atoms with van der Waals surface area (Å²) in [6.45, 7) is 7.31. The Kier molecular flexibility index (Phi) is 5.11. The topological polar surface area (TPSA) is 77.8 Å². The number of nitrogens with zero attached hydrogens (tertiary/aromatic N) is 1. The molecule has 0 amide bonds. The van der Waals surface area contributed by atoms with Crippen molar-refractivity contribution in [2.75, 3.05) is 13.2 Å². The Labute approximate surface area is 170 Å². The molecule has 1 aliphatic carbocycles. The number of aromatic carboxylic acids is 1. The molecule has 1 aliphatic heterocycles. The van der Waals surface area contributed by atoms with Crippen LogP contribution in [0.1, 0.15) is 55.6 Å². The summed E-state index contributed by atoms with van der Waals surface area (Å²) in [6.07, 6.45) is 4.70. The van der Waals surface area contributed by atoms with Gasteiger partial charge in [-0.2, -0.15) is 0 Å². The summed E-state index contributed by atoms with van der Waals surface area (Å²) in [5, 5.41) is 9.42. The number of hydrogen-bond acceptors (Lipinski definition) is 4. The first kappa shape index (κ1) is 19.6. The number of benzene rings is 1. The fourth-order valence-corrected chi connectivity index (χ4v) is 3.80. The summed E-state index contributed by atoms with van der Waals surface area (Å²) in [5.74, 6) is 1.14. The number of carbonyl (C=O) groups is 1. The van der Waals surface area contributed by atoms with Crippen LogP contribution in [0.2, 0.25) is 0 Å². The van der Waals surface area contributed by atoms with Gasteiger partial charge >= 0.3 is 5.97 Å². The van der Waals surface area contributed by atoms with Crippen LogP contribution in [0.4, 0.5) is 0 Å². The Morgan fingerprint density at radius 1 is 1.31 bits per heavy atom. The summed E-state index contributed by atoms with van der Waals surface area (Å²) in [7, 11) is 0. The molecule has 2 aromatic rings. The monoisotopic (exact) mass is 397 g/mol. The average molecular weight is 397 g/mol. The second-order valence-electron chi connectivity index (χ2n) is 8.34. The molecular formula is C23H27NO5. The Balaban J connectivity index is 1.87. The number of carboxylic acid groups (broad SMARTS) is 1. The third-order valence-electron chi connectivity index (χ3n) is 5.84. The smallest absolute Gasteiger partial charge is 0.341 e. The van der Waals surface area contributed by atoms with E-state index in [2.05, 4.69) is 20.8 Å². The largest absolute Gasteiger partial charge is 0.493 e. The van der Waals surface area contributed by atoms with Gasteiger partial charge in [0.2, 0.25) is 0 Å². The highest BCUT2D eigenvalue weighted by molar-refractivity contribution is 5.87. The van der Waals surface area contributed by atoms with E-state index in [-0.39, 0.29) is 17.5 Å². The molecule has 1 N–H and O–H groups in total. The molecule has 0 saturated heterocycles. The lowest BCUT2D eigenvalue weighted by molar-refractivity contribution is 0.0694. The summed E-state index contributed by atoms with van der Waals surface area (Å²) in [4.78, 5) is 24.0. The standard InChI is InChI=1S/C23H27NO5/c1-4-15-7-16-18-8-20(25)17(23(26)27)10-24(18)19(13(2)3)12-29-22(16)9-21(15)28-11-14-5-6-14/h7-10,13-14,19H,4-6,11-12H2,1-3H3,(H,26,27)/t19-/m0/s1. The van der Waals surface area contributed by atoms with E-state index < -0.39 is 11.4 Å². The number of ether oxygens (including phenoxy) is 2. The Morgan fingerprint density at radius 2 is 2.07 bits per heavy atom. The third-order valence-corrected chi connectivity index (χ3v) is 5.84. The molecule has 29 heavy (non-hydrogen) atoms. The van der Waals surface area contributed by atoms with Gasteiger partial charge in [-0.25, -0.2) is 4.79 Å². The molecule has 2 heterocycles. The first-order valence-electron chi connectivity index (χ1n) is 10.3. The number of aromatic nitrogens is 1. The number of rotatable bonds is 6. The van der Waals surface area contributed by atoms with Crippen molar-refractivity contribution in [2.24, 2.45) is 11.8 Å². The number of pyridine rings is 1. The zero-order valence-electron chi connectivity index (χ0n) is 17.1. The lowest BCUT2D eigenvalue weighted by atomic mass is 10.0. The van der Waals surface area contributed by atoms with Gasteiger partial charge in [-0.15, -0.1) is 0 Å². The fourth-order valence-electron chi connectivity index (χ4n) is 3.80. The maximum atomic E-state index is 12.5. The molecule has 4 rings (SSSR count). The molecule has 6 heteroatoms. The summed E-state index contributed by atoms with van der Waals surface area (Å²) in [5.41, 5.74) is 1.83. The van der Waals surface area contributed by atoms with Crippen LogP contribution in [-0.4, -0.2) is 28.9 Å². The van der Waals surface area contributed by atoms with Crippen molar-refractivity contribution in [3.05, 3.63) is 45.7 Å². The lowest BCUT2D eigenvalue weighted by Gasteiger charge is -2.24. The highest BCUT2D eigenvalue weighted by Crippen LogP contribution is 2.41. The minimum Gasteiger partial charge on any atom is -0.493 e. The maximum Gasteiger partial charge on any atom is 0.341 e. The zero-order valence-corrected chi connectivity index (χ0v) is 17.1. The Hall–Kier alpha value is -2.76. The summed E-state index contributed by atoms with van der Waals surface area (Å²) >= 11 is 0. The molecule has 1 atom stereocenters. The van der Waals surface area contributed by atoms with E-state index in [4.69, 9.17) is 9.47 Å². The van der Waals surface area contributed by atoms with Crippen LogP contribution in [-0.2, 0) is 6.42 Å². The van der Waals surface area contributed by atoms with Gasteiger partial charge in [0.1, 0.15) is 23.7 Å². The quantitative estimate of drug-likeness (QED) is 0.792. The van der Waals surface area contributed by atoms with Crippen LogP contribution < -0.4 is 14.9 Å². The normalized spacial score (nSPS) is 17.9. The fraction of sp³-hybridized carbons (Fsp3) is 0.478. The van der Waals surface area contributed by atoms with E-state index >= 15 is 0 Å². The number of carboxylic acids is 1. The molecule has 2 aliphatic rings. The van der Waals surface area contributed by atoms with Crippen LogP contribution in [0.15, 0.2) is 29.2 Å². The van der Waals surface area contributed by atoms with Crippen molar-refractivity contribution in [3.8, 4) is 22.8 Å². The van der Waals surface area contributed by atoms with Gasteiger partial charge in [0.25, 0.3) is 0 Å². The van der Waals surface area contributed by atoms with E-state index in [1.54, 1.807) is 0 Å². The molecule has 1 aromatic carbocycles. The summed E-state index contributed by atoms with van der Waals surface area (Å²) in [6, 6.07) is 5.29. The highest BCUT2D eigenvalue weighted by atomic mass is 16.5. The Morgan fingerprint density at radius 3 is 2.69 bits per heavy atom. The number of hydrogen-bond donors (Lipinski definition) is 1. The first-order chi connectivity index (χ1) is 13.9. The summed E-state index contributed by atoms with van der Waals surface area (Å²) < 4.78 is 14.1. The minimum absolute atomic E-state index is 0.0861. The third kappa shape index (κ3) is 3.76. The van der Waals surface area contributed by atoms with E-state index in [0.717, 1.165) is 29.9 Å². The molecule has 0 unspecified atom stereocenters. The van der Waals surface area contributed by atoms with Crippen molar-refractivity contribution in [1.82, 2.24) is 4.57 Å². The van der Waals surface area contributed by atoms with Crippen LogP contribution in [0.3, 0.4) is 0 Å². The van der Waals surface area contributed by atoms with Crippen molar-refractivity contribution >= 4 is 5.97 Å². The predicted molar refractivity (Wildman–Crippen MR) is 110 cm³/mol. The van der Waals surface area contributed by atoms with Gasteiger partial charge in [-0.1, -0.05) is 20.8 Å². The van der Waals surface area contributed by atoms with Crippen LogP contribution in [0.5, 0.6) is 11.5 Å². The number of fused-ring (bicyclic) bond motifs is 3. The van der Waals surface area contributed by atoms with Gasteiger partial charge in [-0.3, -0.25) is 4.79 Å². The first-order valence-corrected chi connectivity index (χ1v) is 10.3. The maximum absolute atomic E-state index is 12.5. The lowest BCUT2D eigenvalue weighted by Crippen LogP contribution is -2.25. The number of aryl methyl sites for hydroxylation is 1. The van der Waals surface area contributed by atoms with Gasteiger partial charge < -0.3 is 19.1 Å². The minimum atomic E-state index is -1.21. The molecule has 154 valence electrons. The predicted octanol–water partition coefficient (Wildman–Crippen LogP) is 4.15. The van der Waals surface area contributed by atoms with E-state index in [0.29, 0.717) is 24.0 Å². The molecule has 1 saturated carbocycles. The molecule has 1 aromatic heterocycles. The zero-order chi connectivity index (χ0) is 20.7. The highest BCUT2D eigenvalue weighted by Gasteiger charge is 2.28. The van der Waals surface area contributed by atoms with Crippen LogP contribution >= 0.6 is 0 Å². The van der Waals surface area contributed by atoms with E-state index in [1.165, 1.54) is 25.1 Å². The molecule has 6 nitrogen and oxygen atoms in total. The van der Waals surface area contributed by atoms with Crippen molar-refractivity contribution in [1.29, 1.82) is 0 Å². The average Bonchev–Trinajstić information content (AvgIpc) is 3.51. The molecule has 1 fully saturated rings. The molecule has 0 bridgehead atoms. The second kappa shape index (κ2) is 7.58. The van der Waals surface area contributed by atoms with Gasteiger partial charge in [0, 0.05) is 23.9 Å². The van der Waals surface area contributed by atoms with Gasteiger partial charge in [0.05, 0.1) is 18.3 Å². The Bertz CT molecular complexity index is 1000. The van der Waals surface area contributed by atoms with Crippen molar-refractivity contribution < 1.29 is 19.4 Å². The molecule has 0 spiro atoms. The molecular weight excluding hydrogens is 370 g/mol. The van der Waals surface area contributed by atoms with E-state index in [9.17, 15) is 14.7 Å². The van der Waals surface area contributed by atoms with Crippen molar-refractivity contribution in [2.45, 2.75) is 46.1 Å².